The van der Waals surface area contributed by atoms with Crippen LogP contribution in [-0.2, 0) is 0 Å². The first-order valence-electron chi connectivity index (χ1n) is 3.26. The lowest BCUT2D eigenvalue weighted by atomic mass is 10.5. The molecule has 2 N–H and O–H groups in total. The number of hydrogen-bond donors (Lipinski definition) is 2. The van der Waals surface area contributed by atoms with Crippen LogP contribution >= 0.6 is 11.6 Å². The highest BCUT2D eigenvalue weighted by molar-refractivity contribution is 6.18. The van der Waals surface area contributed by atoms with Crippen molar-refractivity contribution in [2.75, 3.05) is 19.0 Å². The minimum atomic E-state index is -0.277. The van der Waals surface area contributed by atoms with Gasteiger partial charge in [0.05, 0.1) is 12.5 Å². The molecule has 5 heteroatoms. The number of alkyl halides is 1. The Kier molecular flexibility index (Phi) is 6.54. The number of nitrogens with one attached hydrogen (secondary N) is 2. The lowest BCUT2D eigenvalue weighted by molar-refractivity contribution is 0.241. The lowest BCUT2D eigenvalue weighted by Crippen LogP contribution is -2.36. The Bertz CT molecular complexity index is 154. The molecule has 0 aromatic heterocycles. The maximum Gasteiger partial charge on any atom is 0.314 e. The summed E-state index contributed by atoms with van der Waals surface area (Å²) in [5, 5.41) is 13.1. The van der Waals surface area contributed by atoms with Crippen molar-refractivity contribution >= 4 is 17.6 Å². The van der Waals surface area contributed by atoms with Crippen LogP contribution in [0, 0.1) is 11.3 Å². The molecule has 62 valence electrons. The van der Waals surface area contributed by atoms with E-state index in [0.29, 0.717) is 25.4 Å². The SMILES string of the molecule is N#CCCNC(=O)NCCCl. The number of carbonyl (C=O) groups excluding carboxylic acids is 1. The molecule has 0 saturated heterocycles. The largest absolute Gasteiger partial charge is 0.337 e. The molecule has 0 aromatic carbocycles. The van der Waals surface area contributed by atoms with Gasteiger partial charge in [-0.3, -0.25) is 0 Å². The van der Waals surface area contributed by atoms with Crippen LogP contribution in [0.5, 0.6) is 0 Å². The zero-order valence-electron chi connectivity index (χ0n) is 6.06. The topological polar surface area (TPSA) is 64.9 Å². The number of nitriles is 1. The van der Waals surface area contributed by atoms with Crippen LogP contribution in [0.4, 0.5) is 4.79 Å². The fraction of sp³-hybridized carbons (Fsp3) is 0.667. The minimum Gasteiger partial charge on any atom is -0.337 e. The summed E-state index contributed by atoms with van der Waals surface area (Å²) < 4.78 is 0. The highest BCUT2D eigenvalue weighted by Crippen LogP contribution is 1.73. The highest BCUT2D eigenvalue weighted by Gasteiger charge is 1.95. The number of nitrogens with zero attached hydrogens (tertiary/aromatic N) is 1. The van der Waals surface area contributed by atoms with E-state index in [9.17, 15) is 4.79 Å². The Morgan fingerprint density at radius 1 is 1.45 bits per heavy atom. The summed E-state index contributed by atoms with van der Waals surface area (Å²) >= 11 is 5.31. The monoisotopic (exact) mass is 175 g/mol. The molecule has 4 nitrogen and oxygen atoms in total. The minimum absolute atomic E-state index is 0.277. The lowest BCUT2D eigenvalue weighted by Gasteiger charge is -2.02. The maximum atomic E-state index is 10.7. The molecule has 0 aromatic rings. The molecular formula is C6H10ClN3O. The van der Waals surface area contributed by atoms with Crippen LogP contribution in [0.3, 0.4) is 0 Å². The average Bonchev–Trinajstić information content (AvgIpc) is 2.01. The molecule has 0 rings (SSSR count). The summed E-state index contributed by atoms with van der Waals surface area (Å²) in [7, 11) is 0. The van der Waals surface area contributed by atoms with Crippen LogP contribution in [0.15, 0.2) is 0 Å². The van der Waals surface area contributed by atoms with Crippen LogP contribution in [-0.4, -0.2) is 25.0 Å². The number of rotatable bonds is 4. The fourth-order valence-electron chi connectivity index (χ4n) is 0.455. The molecule has 0 unspecified atom stereocenters. The van der Waals surface area contributed by atoms with Crippen LogP contribution in [0.25, 0.3) is 0 Å². The van der Waals surface area contributed by atoms with Gasteiger partial charge in [-0.15, -0.1) is 11.6 Å². The van der Waals surface area contributed by atoms with E-state index in [2.05, 4.69) is 10.6 Å². The summed E-state index contributed by atoms with van der Waals surface area (Å²) in [5.41, 5.74) is 0. The van der Waals surface area contributed by atoms with Gasteiger partial charge >= 0.3 is 6.03 Å². The van der Waals surface area contributed by atoms with Gasteiger partial charge in [-0.2, -0.15) is 5.26 Å². The molecule has 0 heterocycles. The molecule has 11 heavy (non-hydrogen) atoms. The second kappa shape index (κ2) is 7.16. The number of hydrogen-bond acceptors (Lipinski definition) is 2. The van der Waals surface area contributed by atoms with Crippen LogP contribution in [0.2, 0.25) is 0 Å². The van der Waals surface area contributed by atoms with Crippen LogP contribution in [0.1, 0.15) is 6.42 Å². The van der Waals surface area contributed by atoms with E-state index in [1.807, 2.05) is 6.07 Å². The number of halogens is 1. The molecule has 2 amide bonds. The third kappa shape index (κ3) is 6.94. The molecule has 0 aliphatic carbocycles. The molecular weight excluding hydrogens is 166 g/mol. The fourth-order valence-corrected chi connectivity index (χ4v) is 0.550. The van der Waals surface area contributed by atoms with E-state index < -0.39 is 0 Å². The number of urea groups is 1. The van der Waals surface area contributed by atoms with Crippen molar-refractivity contribution in [3.63, 3.8) is 0 Å². The molecule has 0 bridgehead atoms. The van der Waals surface area contributed by atoms with Crippen molar-refractivity contribution in [2.45, 2.75) is 6.42 Å². The van der Waals surface area contributed by atoms with E-state index in [1.54, 1.807) is 0 Å². The Labute approximate surface area is 70.5 Å². The Morgan fingerprint density at radius 3 is 2.64 bits per heavy atom. The number of amides is 2. The van der Waals surface area contributed by atoms with Gasteiger partial charge in [-0.05, 0) is 0 Å². The Hall–Kier alpha value is -0.950. The molecule has 0 aliphatic heterocycles. The van der Waals surface area contributed by atoms with Crippen molar-refractivity contribution in [1.29, 1.82) is 5.26 Å². The van der Waals surface area contributed by atoms with Gasteiger partial charge in [0.15, 0.2) is 0 Å². The van der Waals surface area contributed by atoms with Gasteiger partial charge in [0, 0.05) is 19.0 Å². The summed E-state index contributed by atoms with van der Waals surface area (Å²) in [6.07, 6.45) is 0.328. The average molecular weight is 176 g/mol. The zero-order valence-corrected chi connectivity index (χ0v) is 6.82. The molecule has 0 fully saturated rings. The second-order valence-corrected chi connectivity index (χ2v) is 2.16. The molecule has 0 atom stereocenters. The van der Waals surface area contributed by atoms with Gasteiger partial charge in [-0.1, -0.05) is 0 Å². The van der Waals surface area contributed by atoms with Crippen molar-refractivity contribution in [3.05, 3.63) is 0 Å². The van der Waals surface area contributed by atoms with Crippen molar-refractivity contribution in [1.82, 2.24) is 10.6 Å². The molecule has 0 saturated carbocycles. The van der Waals surface area contributed by atoms with Gasteiger partial charge < -0.3 is 10.6 Å². The normalized spacial score (nSPS) is 8.36. The van der Waals surface area contributed by atoms with Gasteiger partial charge in [0.25, 0.3) is 0 Å². The summed E-state index contributed by atoms with van der Waals surface area (Å²) in [4.78, 5) is 10.7. The zero-order chi connectivity index (χ0) is 8.53. The highest BCUT2D eigenvalue weighted by atomic mass is 35.5. The Morgan fingerprint density at radius 2 is 2.09 bits per heavy atom. The first-order chi connectivity index (χ1) is 5.31. The van der Waals surface area contributed by atoms with E-state index in [4.69, 9.17) is 16.9 Å². The molecule has 0 spiro atoms. The van der Waals surface area contributed by atoms with Crippen molar-refractivity contribution in [3.8, 4) is 6.07 Å². The first-order valence-corrected chi connectivity index (χ1v) is 3.79. The summed E-state index contributed by atoms with van der Waals surface area (Å²) in [5.74, 6) is 0.395. The van der Waals surface area contributed by atoms with E-state index >= 15 is 0 Å². The third-order valence-corrected chi connectivity index (χ3v) is 1.09. The second-order valence-electron chi connectivity index (χ2n) is 1.78. The molecule has 0 aliphatic rings. The smallest absolute Gasteiger partial charge is 0.314 e. The van der Waals surface area contributed by atoms with Crippen molar-refractivity contribution in [2.24, 2.45) is 0 Å². The number of carbonyl (C=O) groups is 1. The van der Waals surface area contributed by atoms with Crippen LogP contribution < -0.4 is 10.6 Å². The van der Waals surface area contributed by atoms with E-state index in [-0.39, 0.29) is 6.03 Å². The van der Waals surface area contributed by atoms with Gasteiger partial charge in [0.2, 0.25) is 0 Å². The predicted molar refractivity (Wildman–Crippen MR) is 42.4 cm³/mol. The van der Waals surface area contributed by atoms with E-state index in [0.717, 1.165) is 0 Å². The summed E-state index contributed by atoms with van der Waals surface area (Å²) in [6, 6.07) is 1.63. The summed E-state index contributed by atoms with van der Waals surface area (Å²) in [6.45, 7) is 0.824. The van der Waals surface area contributed by atoms with Crippen molar-refractivity contribution < 1.29 is 4.79 Å². The third-order valence-electron chi connectivity index (χ3n) is 0.902. The maximum absolute atomic E-state index is 10.7. The standard InChI is InChI=1S/C6H10ClN3O/c7-2-5-10-6(11)9-4-1-3-8/h1-2,4-5H2,(H2,9,10,11). The first kappa shape index (κ1) is 10.0. The Balaban J connectivity index is 3.17. The quantitative estimate of drug-likeness (QED) is 0.481. The molecule has 0 radical (unpaired) electrons. The predicted octanol–water partition coefficient (Wildman–Crippen LogP) is 0.438. The van der Waals surface area contributed by atoms with E-state index in [1.165, 1.54) is 0 Å². The van der Waals surface area contributed by atoms with Gasteiger partial charge in [0.1, 0.15) is 0 Å². The van der Waals surface area contributed by atoms with Gasteiger partial charge in [-0.25, -0.2) is 4.79 Å².